The summed E-state index contributed by atoms with van der Waals surface area (Å²) in [6.45, 7) is 0.353. The Morgan fingerprint density at radius 3 is 2.41 bits per heavy atom. The minimum absolute atomic E-state index is 0.0328. The topological polar surface area (TPSA) is 127 Å². The Morgan fingerprint density at radius 1 is 1.06 bits per heavy atom. The number of hydrogen-bond acceptors (Lipinski definition) is 6. The quantitative estimate of drug-likeness (QED) is 0.575. The number of rotatable bonds is 6. The predicted octanol–water partition coefficient (Wildman–Crippen LogP) is 2.00. The first kappa shape index (κ1) is 21.6. The highest BCUT2D eigenvalue weighted by Gasteiger charge is 2.35. The molecule has 1 unspecified atom stereocenters. The molecule has 2 aliphatic rings. The molecule has 2 heterocycles. The standard InChI is InChI=1S/C24H23N5O5/c30-22(29-12-21-27-26-14-28(21)11-20(29)23(31)32)9-10-25-24(33)34-13-19-17-7-3-1-5-15(17)16-6-2-4-8-18(16)19/h1-8,14,19-20H,9-13H2,(H,25,33)(H,31,32). The molecule has 1 aromatic heterocycles. The van der Waals surface area contributed by atoms with Gasteiger partial charge in [-0.15, -0.1) is 10.2 Å². The maximum Gasteiger partial charge on any atom is 0.407 e. The zero-order valence-electron chi connectivity index (χ0n) is 18.3. The largest absolute Gasteiger partial charge is 0.480 e. The second-order valence-corrected chi connectivity index (χ2v) is 8.28. The fourth-order valence-electron chi connectivity index (χ4n) is 4.64. The summed E-state index contributed by atoms with van der Waals surface area (Å²) in [5.41, 5.74) is 4.51. The first-order valence-corrected chi connectivity index (χ1v) is 11.0. The van der Waals surface area contributed by atoms with Crippen LogP contribution in [0.5, 0.6) is 0 Å². The molecule has 3 aromatic rings. The summed E-state index contributed by atoms with van der Waals surface area (Å²) in [5.74, 6) is -1.02. The number of carboxylic acid groups (broad SMARTS) is 1. The van der Waals surface area contributed by atoms with Crippen LogP contribution in [0.3, 0.4) is 0 Å². The van der Waals surface area contributed by atoms with Crippen LogP contribution in [0.15, 0.2) is 54.9 Å². The van der Waals surface area contributed by atoms with E-state index in [4.69, 9.17) is 4.74 Å². The van der Waals surface area contributed by atoms with Crippen LogP contribution in [0.2, 0.25) is 0 Å². The van der Waals surface area contributed by atoms with Gasteiger partial charge in [0.2, 0.25) is 5.91 Å². The molecule has 0 saturated heterocycles. The second-order valence-electron chi connectivity index (χ2n) is 8.28. The molecule has 0 fully saturated rings. The number of aromatic nitrogens is 3. The molecule has 10 nitrogen and oxygen atoms in total. The minimum atomic E-state index is -1.10. The van der Waals surface area contributed by atoms with Gasteiger partial charge in [0.15, 0.2) is 5.82 Å². The molecule has 2 aromatic carbocycles. The van der Waals surface area contributed by atoms with E-state index in [-0.39, 0.29) is 44.5 Å². The van der Waals surface area contributed by atoms with E-state index in [1.807, 2.05) is 36.4 Å². The van der Waals surface area contributed by atoms with Crippen molar-refractivity contribution >= 4 is 18.0 Å². The molecule has 2 amide bonds. The number of benzene rings is 2. The van der Waals surface area contributed by atoms with E-state index in [1.165, 1.54) is 11.2 Å². The molecular formula is C24H23N5O5. The smallest absolute Gasteiger partial charge is 0.407 e. The van der Waals surface area contributed by atoms with Crippen LogP contribution in [0.1, 0.15) is 29.3 Å². The number of amides is 2. The van der Waals surface area contributed by atoms with Gasteiger partial charge in [0.25, 0.3) is 0 Å². The summed E-state index contributed by atoms with van der Waals surface area (Å²) in [4.78, 5) is 37.9. The van der Waals surface area contributed by atoms with Gasteiger partial charge in [-0.2, -0.15) is 0 Å². The van der Waals surface area contributed by atoms with Crippen LogP contribution in [-0.2, 0) is 27.4 Å². The number of carbonyl (C=O) groups is 3. The lowest BCUT2D eigenvalue weighted by atomic mass is 9.98. The molecule has 1 aliphatic heterocycles. The molecule has 34 heavy (non-hydrogen) atoms. The van der Waals surface area contributed by atoms with E-state index in [2.05, 4.69) is 27.6 Å². The first-order chi connectivity index (χ1) is 16.5. The lowest BCUT2D eigenvalue weighted by molar-refractivity contribution is -0.152. The molecule has 174 valence electrons. The SMILES string of the molecule is O=C(NCCC(=O)N1Cc2nncn2CC1C(=O)O)OCC1c2ccccc2-c2ccccc21. The van der Waals surface area contributed by atoms with Gasteiger partial charge in [0.1, 0.15) is 19.0 Å². The van der Waals surface area contributed by atoms with Crippen LogP contribution in [0, 0.1) is 0 Å². The Balaban J connectivity index is 1.15. The molecule has 1 aliphatic carbocycles. The Kier molecular flexibility index (Phi) is 5.70. The fourth-order valence-corrected chi connectivity index (χ4v) is 4.64. The highest BCUT2D eigenvalue weighted by Crippen LogP contribution is 2.44. The van der Waals surface area contributed by atoms with Gasteiger partial charge in [-0.25, -0.2) is 9.59 Å². The lowest BCUT2D eigenvalue weighted by Crippen LogP contribution is -2.51. The number of hydrogen-bond donors (Lipinski definition) is 2. The number of nitrogens with one attached hydrogen (secondary N) is 1. The number of aliphatic carboxylic acids is 1. The van der Waals surface area contributed by atoms with E-state index in [9.17, 15) is 19.5 Å². The van der Waals surface area contributed by atoms with Crippen molar-refractivity contribution in [3.8, 4) is 11.1 Å². The van der Waals surface area contributed by atoms with E-state index < -0.39 is 18.1 Å². The normalized spacial score (nSPS) is 16.4. The van der Waals surface area contributed by atoms with Gasteiger partial charge in [-0.05, 0) is 22.3 Å². The van der Waals surface area contributed by atoms with Crippen LogP contribution in [-0.4, -0.2) is 61.9 Å². The third-order valence-corrected chi connectivity index (χ3v) is 6.31. The average molecular weight is 461 g/mol. The first-order valence-electron chi connectivity index (χ1n) is 11.0. The van der Waals surface area contributed by atoms with Crippen molar-refractivity contribution in [3.05, 3.63) is 71.8 Å². The Labute approximate surface area is 195 Å². The van der Waals surface area contributed by atoms with E-state index >= 15 is 0 Å². The van der Waals surface area contributed by atoms with E-state index in [0.29, 0.717) is 5.82 Å². The maximum atomic E-state index is 12.7. The summed E-state index contributed by atoms with van der Waals surface area (Å²) < 4.78 is 7.09. The Bertz CT molecular complexity index is 1210. The number of alkyl carbamates (subject to hydrolysis) is 1. The Hall–Kier alpha value is -4.21. The maximum absolute atomic E-state index is 12.7. The zero-order chi connectivity index (χ0) is 23.7. The highest BCUT2D eigenvalue weighted by atomic mass is 16.5. The van der Waals surface area contributed by atoms with Gasteiger partial charge in [0, 0.05) is 18.9 Å². The number of nitrogens with zero attached hydrogens (tertiary/aromatic N) is 4. The lowest BCUT2D eigenvalue weighted by Gasteiger charge is -2.33. The summed E-state index contributed by atoms with van der Waals surface area (Å²) in [6, 6.07) is 15.1. The van der Waals surface area contributed by atoms with E-state index in [0.717, 1.165) is 22.3 Å². The van der Waals surface area contributed by atoms with Crippen molar-refractivity contribution in [2.45, 2.75) is 31.5 Å². The second kappa shape index (κ2) is 8.97. The third kappa shape index (κ3) is 3.98. The van der Waals surface area contributed by atoms with Crippen molar-refractivity contribution in [1.82, 2.24) is 25.0 Å². The van der Waals surface area contributed by atoms with Crippen LogP contribution >= 0.6 is 0 Å². The van der Waals surface area contributed by atoms with Crippen molar-refractivity contribution in [1.29, 1.82) is 0 Å². The van der Waals surface area contributed by atoms with Crippen LogP contribution < -0.4 is 5.32 Å². The van der Waals surface area contributed by atoms with Crippen LogP contribution in [0.25, 0.3) is 11.1 Å². The predicted molar refractivity (Wildman–Crippen MR) is 120 cm³/mol. The van der Waals surface area contributed by atoms with Crippen molar-refractivity contribution < 1.29 is 24.2 Å². The zero-order valence-corrected chi connectivity index (χ0v) is 18.3. The molecule has 5 rings (SSSR count). The molecule has 10 heteroatoms. The monoisotopic (exact) mass is 461 g/mol. The van der Waals surface area contributed by atoms with Gasteiger partial charge in [-0.3, -0.25) is 4.79 Å². The van der Waals surface area contributed by atoms with Gasteiger partial charge >= 0.3 is 12.1 Å². The molecule has 0 saturated carbocycles. The van der Waals surface area contributed by atoms with Crippen molar-refractivity contribution in [2.75, 3.05) is 13.2 Å². The minimum Gasteiger partial charge on any atom is -0.480 e. The molecule has 1 atom stereocenters. The summed E-state index contributed by atoms with van der Waals surface area (Å²) in [5, 5.41) is 19.8. The summed E-state index contributed by atoms with van der Waals surface area (Å²) in [7, 11) is 0. The highest BCUT2D eigenvalue weighted by molar-refractivity contribution is 5.84. The number of carbonyl (C=O) groups excluding carboxylic acids is 2. The number of fused-ring (bicyclic) bond motifs is 4. The fraction of sp³-hybridized carbons (Fsp3) is 0.292. The average Bonchev–Trinajstić information content (AvgIpc) is 3.44. The number of ether oxygens (including phenoxy) is 1. The van der Waals surface area contributed by atoms with Crippen molar-refractivity contribution in [2.24, 2.45) is 0 Å². The third-order valence-electron chi connectivity index (χ3n) is 6.31. The molecule has 0 spiro atoms. The Morgan fingerprint density at radius 2 is 1.74 bits per heavy atom. The summed E-state index contributed by atoms with van der Waals surface area (Å²) in [6.07, 6.45) is 0.774. The van der Waals surface area contributed by atoms with E-state index in [1.54, 1.807) is 4.57 Å². The van der Waals surface area contributed by atoms with Gasteiger partial charge in [0.05, 0.1) is 13.1 Å². The van der Waals surface area contributed by atoms with Gasteiger partial charge in [-0.1, -0.05) is 48.5 Å². The molecular weight excluding hydrogens is 438 g/mol. The van der Waals surface area contributed by atoms with Gasteiger partial charge < -0.3 is 24.6 Å². The molecule has 2 N–H and O–H groups in total. The summed E-state index contributed by atoms with van der Waals surface area (Å²) >= 11 is 0. The van der Waals surface area contributed by atoms with Crippen LogP contribution in [0.4, 0.5) is 4.79 Å². The number of carboxylic acids is 1. The van der Waals surface area contributed by atoms with Crippen molar-refractivity contribution in [3.63, 3.8) is 0 Å². The molecule has 0 bridgehead atoms. The molecule has 0 radical (unpaired) electrons.